The number of amides is 1. The van der Waals surface area contributed by atoms with E-state index in [2.05, 4.69) is 40.5 Å². The molecule has 0 atom stereocenters. The average molecular weight is 591 g/mol. The number of methoxy groups -OCH3 is 1. The van der Waals surface area contributed by atoms with E-state index in [4.69, 9.17) is 14.8 Å². The smallest absolute Gasteiger partial charge is 0.283 e. The molecule has 4 aromatic rings. The highest BCUT2D eigenvalue weighted by Gasteiger charge is 2.24. The van der Waals surface area contributed by atoms with Crippen LogP contribution in [0, 0.1) is 0 Å². The fourth-order valence-electron chi connectivity index (χ4n) is 5.34. The summed E-state index contributed by atoms with van der Waals surface area (Å²) in [5.74, 6) is -0.729. The number of hydrogen-bond acceptors (Lipinski definition) is 8. The van der Waals surface area contributed by atoms with Gasteiger partial charge in [0.2, 0.25) is 10.0 Å². The number of hydrogen-bond donors (Lipinski definition) is 1. The quantitative estimate of drug-likeness (QED) is 0.286. The van der Waals surface area contributed by atoms with Crippen molar-refractivity contribution in [2.75, 3.05) is 56.5 Å². The van der Waals surface area contributed by atoms with Gasteiger partial charge in [-0.3, -0.25) is 4.79 Å². The van der Waals surface area contributed by atoms with Gasteiger partial charge in [-0.1, -0.05) is 32.0 Å². The molecule has 1 N–H and O–H groups in total. The Labute approximate surface area is 247 Å². The van der Waals surface area contributed by atoms with E-state index >= 15 is 0 Å². The van der Waals surface area contributed by atoms with Gasteiger partial charge < -0.3 is 14.5 Å². The van der Waals surface area contributed by atoms with Crippen molar-refractivity contribution < 1.29 is 17.9 Å². The van der Waals surface area contributed by atoms with E-state index in [1.54, 1.807) is 17.9 Å². The van der Waals surface area contributed by atoms with Crippen molar-refractivity contribution in [2.24, 2.45) is 0 Å². The fourth-order valence-corrected chi connectivity index (χ4v) is 5.78. The Morgan fingerprint density at radius 1 is 1.07 bits per heavy atom. The third kappa shape index (κ3) is 6.27. The molecule has 1 fully saturated rings. The van der Waals surface area contributed by atoms with Gasteiger partial charge in [0.15, 0.2) is 5.65 Å². The molecule has 11 heteroatoms. The Hall–Kier alpha value is -3.96. The minimum atomic E-state index is -3.79. The second-order valence-corrected chi connectivity index (χ2v) is 12.8. The second kappa shape index (κ2) is 12.1. The lowest BCUT2D eigenvalue weighted by molar-refractivity contribution is 0.0977. The van der Waals surface area contributed by atoms with Crippen LogP contribution in [0.3, 0.4) is 0 Å². The number of sulfonamides is 1. The fraction of sp³-hybridized carbons (Fsp3) is 0.387. The van der Waals surface area contributed by atoms with Crippen LogP contribution in [0.5, 0.6) is 0 Å². The first-order valence-electron chi connectivity index (χ1n) is 14.2. The van der Waals surface area contributed by atoms with E-state index in [9.17, 15) is 13.2 Å². The van der Waals surface area contributed by atoms with Crippen LogP contribution < -0.4 is 14.5 Å². The summed E-state index contributed by atoms with van der Waals surface area (Å²) in [5, 5.41) is 5.86. The SMILES string of the molecule is COCCN(C)c1ccc(-c2cc(C(=O)NS(C)(=O)=O)nc3c2c(C(C)C)nn3-c2cccc(N3CCCC3)c2)cc1. The summed E-state index contributed by atoms with van der Waals surface area (Å²) in [6.07, 6.45) is 3.28. The molecule has 5 rings (SSSR count). The first kappa shape index (κ1) is 29.5. The number of benzene rings is 2. The van der Waals surface area contributed by atoms with Gasteiger partial charge in [0, 0.05) is 45.2 Å². The normalized spacial score (nSPS) is 13.7. The lowest BCUT2D eigenvalue weighted by atomic mass is 9.97. The van der Waals surface area contributed by atoms with Crippen LogP contribution in [0.4, 0.5) is 11.4 Å². The highest BCUT2D eigenvalue weighted by atomic mass is 32.2. The largest absolute Gasteiger partial charge is 0.383 e. The van der Waals surface area contributed by atoms with E-state index in [1.807, 2.05) is 43.4 Å². The second-order valence-electron chi connectivity index (χ2n) is 11.1. The number of anilines is 2. The molecule has 2 aromatic heterocycles. The van der Waals surface area contributed by atoms with Gasteiger partial charge in [0.1, 0.15) is 5.69 Å². The summed E-state index contributed by atoms with van der Waals surface area (Å²) >= 11 is 0. The highest BCUT2D eigenvalue weighted by Crippen LogP contribution is 2.36. The van der Waals surface area contributed by atoms with Crippen LogP contribution in [0.15, 0.2) is 54.6 Å². The molecule has 1 saturated heterocycles. The van der Waals surface area contributed by atoms with Gasteiger partial charge in [-0.15, -0.1) is 0 Å². The number of ether oxygens (including phenoxy) is 1. The maximum Gasteiger partial charge on any atom is 0.283 e. The van der Waals surface area contributed by atoms with E-state index < -0.39 is 15.9 Å². The lowest BCUT2D eigenvalue weighted by Gasteiger charge is -2.19. The molecule has 0 saturated carbocycles. The third-order valence-electron chi connectivity index (χ3n) is 7.52. The van der Waals surface area contributed by atoms with Gasteiger partial charge >= 0.3 is 0 Å². The molecule has 3 heterocycles. The van der Waals surface area contributed by atoms with Crippen molar-refractivity contribution >= 4 is 38.3 Å². The Bertz CT molecular complexity index is 1690. The molecule has 0 spiro atoms. The number of nitrogens with zero attached hydrogens (tertiary/aromatic N) is 5. The summed E-state index contributed by atoms with van der Waals surface area (Å²) in [4.78, 5) is 22.3. The van der Waals surface area contributed by atoms with Crippen molar-refractivity contribution in [2.45, 2.75) is 32.6 Å². The summed E-state index contributed by atoms with van der Waals surface area (Å²) in [6.45, 7) is 7.53. The maximum atomic E-state index is 13.1. The number of rotatable bonds is 10. The van der Waals surface area contributed by atoms with Crippen LogP contribution in [0.25, 0.3) is 27.8 Å². The number of carbonyl (C=O) groups is 1. The molecule has 2 aromatic carbocycles. The van der Waals surface area contributed by atoms with Crippen LogP contribution in [-0.2, 0) is 14.8 Å². The zero-order chi connectivity index (χ0) is 30.0. The summed E-state index contributed by atoms with van der Waals surface area (Å²) in [6, 6.07) is 17.9. The van der Waals surface area contributed by atoms with E-state index in [1.165, 1.54) is 0 Å². The molecule has 0 radical (unpaired) electrons. The van der Waals surface area contributed by atoms with E-state index in [0.717, 1.165) is 78.0 Å². The number of likely N-dealkylation sites (N-methyl/N-ethyl adjacent to an activating group) is 1. The number of aromatic nitrogens is 3. The van der Waals surface area contributed by atoms with Gasteiger partial charge in [0.05, 0.1) is 29.6 Å². The molecule has 0 unspecified atom stereocenters. The molecule has 0 aliphatic carbocycles. The number of fused-ring (bicyclic) bond motifs is 1. The summed E-state index contributed by atoms with van der Waals surface area (Å²) in [5.41, 5.74) is 5.92. The number of carbonyl (C=O) groups excluding carboxylic acids is 1. The lowest BCUT2D eigenvalue weighted by Crippen LogP contribution is -2.30. The summed E-state index contributed by atoms with van der Waals surface area (Å²) < 4.78 is 33.0. The Balaban J connectivity index is 1.70. The number of pyridine rings is 1. The van der Waals surface area contributed by atoms with Crippen LogP contribution >= 0.6 is 0 Å². The Morgan fingerprint density at radius 3 is 2.40 bits per heavy atom. The van der Waals surface area contributed by atoms with Crippen LogP contribution in [0.2, 0.25) is 0 Å². The number of nitrogens with one attached hydrogen (secondary N) is 1. The zero-order valence-corrected chi connectivity index (χ0v) is 25.6. The monoisotopic (exact) mass is 590 g/mol. The van der Waals surface area contributed by atoms with Crippen LogP contribution in [-0.4, -0.2) is 75.7 Å². The molecule has 222 valence electrons. The first-order valence-corrected chi connectivity index (χ1v) is 16.1. The minimum absolute atomic E-state index is 0.00336. The summed E-state index contributed by atoms with van der Waals surface area (Å²) in [7, 11) is -0.112. The molecule has 1 aliphatic rings. The predicted molar refractivity (Wildman–Crippen MR) is 167 cm³/mol. The van der Waals surface area contributed by atoms with Crippen molar-refractivity contribution in [3.63, 3.8) is 0 Å². The molecule has 1 amide bonds. The van der Waals surface area contributed by atoms with Crippen molar-refractivity contribution in [3.8, 4) is 16.8 Å². The molecular formula is C31H38N6O4S. The van der Waals surface area contributed by atoms with Crippen molar-refractivity contribution in [1.82, 2.24) is 19.5 Å². The van der Waals surface area contributed by atoms with E-state index in [-0.39, 0.29) is 11.6 Å². The minimum Gasteiger partial charge on any atom is -0.383 e. The van der Waals surface area contributed by atoms with Gasteiger partial charge in [0.25, 0.3) is 5.91 Å². The van der Waals surface area contributed by atoms with Crippen LogP contribution in [0.1, 0.15) is 48.8 Å². The molecular weight excluding hydrogens is 552 g/mol. The topological polar surface area (TPSA) is 110 Å². The van der Waals surface area contributed by atoms with Crippen molar-refractivity contribution in [1.29, 1.82) is 0 Å². The average Bonchev–Trinajstić information content (AvgIpc) is 3.64. The molecule has 1 aliphatic heterocycles. The molecule has 10 nitrogen and oxygen atoms in total. The highest BCUT2D eigenvalue weighted by molar-refractivity contribution is 7.89. The van der Waals surface area contributed by atoms with Crippen molar-refractivity contribution in [3.05, 3.63) is 66.0 Å². The first-order chi connectivity index (χ1) is 20.1. The standard InChI is InChI=1S/C31H38N6O4S/c1-21(2)29-28-26(22-11-13-23(14-12-22)35(3)17-18-41-4)20-27(31(38)34-42(5,39)40)32-30(28)37(33-29)25-10-8-9-24(19-25)36-15-6-7-16-36/h8-14,19-21H,6-7,15-18H2,1-5H3,(H,34,38). The predicted octanol–water partition coefficient (Wildman–Crippen LogP) is 4.58. The third-order valence-corrected chi connectivity index (χ3v) is 8.07. The van der Waals surface area contributed by atoms with E-state index in [0.29, 0.717) is 12.3 Å². The van der Waals surface area contributed by atoms with Gasteiger partial charge in [-0.25, -0.2) is 22.8 Å². The maximum absolute atomic E-state index is 13.1. The van der Waals surface area contributed by atoms with Gasteiger partial charge in [-0.05, 0) is 66.3 Å². The zero-order valence-electron chi connectivity index (χ0n) is 24.8. The Morgan fingerprint density at radius 2 is 1.76 bits per heavy atom. The Kier molecular flexibility index (Phi) is 8.51. The molecule has 42 heavy (non-hydrogen) atoms. The van der Waals surface area contributed by atoms with Gasteiger partial charge in [-0.2, -0.15) is 5.10 Å². The molecule has 0 bridgehead atoms.